The van der Waals surface area contributed by atoms with Gasteiger partial charge in [0.15, 0.2) is 5.82 Å². The lowest BCUT2D eigenvalue weighted by atomic mass is 9.81. The number of para-hydroxylation sites is 2. The predicted molar refractivity (Wildman–Crippen MR) is 267 cm³/mol. The number of hydrogen-bond acceptors (Lipinski definition) is 2. The number of aromatic nitrogens is 3. The van der Waals surface area contributed by atoms with E-state index < -0.39 is 0 Å². The number of nitrogens with zero attached hydrogens (tertiary/aromatic N) is 3. The van der Waals surface area contributed by atoms with Gasteiger partial charge in [-0.25, -0.2) is 9.97 Å². The van der Waals surface area contributed by atoms with E-state index in [9.17, 15) is 0 Å². The van der Waals surface area contributed by atoms with E-state index in [2.05, 4.69) is 231 Å². The Morgan fingerprint density at radius 2 is 0.859 bits per heavy atom. The standard InChI is InChI=1S/C61H43N3/c1-61(2)54-31-11-9-27-50(54)51-34-33-45(38-55(51)61)43-22-13-21-42(35-43)44-23-14-24-46(36-44)49-29-16-30-53-52-28-10-12-32-58(52)64(59(49)53)48-26-15-25-47(37-48)60-62-56(40-17-5-3-6-18-40)39-57(63-60)41-19-7-4-8-20-41/h3-39H,1-2H3. The lowest BCUT2D eigenvalue weighted by Gasteiger charge is -2.22. The van der Waals surface area contributed by atoms with Gasteiger partial charge >= 0.3 is 0 Å². The first kappa shape index (κ1) is 37.6. The molecular formula is C61H43N3. The Kier molecular flexibility index (Phi) is 8.84. The minimum Gasteiger partial charge on any atom is -0.309 e. The van der Waals surface area contributed by atoms with Crippen LogP contribution in [0.3, 0.4) is 0 Å². The molecule has 0 N–H and O–H groups in total. The van der Waals surface area contributed by atoms with Gasteiger partial charge in [-0.1, -0.05) is 196 Å². The largest absolute Gasteiger partial charge is 0.309 e. The Bertz CT molecular complexity index is 3520. The van der Waals surface area contributed by atoms with E-state index in [0.29, 0.717) is 5.82 Å². The third kappa shape index (κ3) is 6.28. The maximum absolute atomic E-state index is 5.19. The summed E-state index contributed by atoms with van der Waals surface area (Å²) in [6, 6.07) is 80.9. The number of fused-ring (bicyclic) bond motifs is 6. The van der Waals surface area contributed by atoms with Crippen molar-refractivity contribution in [3.63, 3.8) is 0 Å². The number of rotatable bonds is 7. The van der Waals surface area contributed by atoms with Gasteiger partial charge in [0.1, 0.15) is 0 Å². The highest BCUT2D eigenvalue weighted by molar-refractivity contribution is 6.14. The zero-order valence-electron chi connectivity index (χ0n) is 35.7. The highest BCUT2D eigenvalue weighted by Gasteiger charge is 2.35. The third-order valence-corrected chi connectivity index (χ3v) is 13.2. The molecule has 2 aromatic heterocycles. The summed E-state index contributed by atoms with van der Waals surface area (Å²) in [6.07, 6.45) is 0. The minimum atomic E-state index is -0.0498. The van der Waals surface area contributed by atoms with E-state index in [4.69, 9.17) is 9.97 Å². The van der Waals surface area contributed by atoms with Gasteiger partial charge in [0.05, 0.1) is 22.4 Å². The fourth-order valence-corrected chi connectivity index (χ4v) is 10.0. The maximum Gasteiger partial charge on any atom is 0.160 e. The maximum atomic E-state index is 5.19. The third-order valence-electron chi connectivity index (χ3n) is 13.2. The van der Waals surface area contributed by atoms with Crippen molar-refractivity contribution in [3.05, 3.63) is 236 Å². The van der Waals surface area contributed by atoms with Crippen LogP contribution in [0.1, 0.15) is 25.0 Å². The van der Waals surface area contributed by atoms with E-state index in [0.717, 1.165) is 50.4 Å². The molecular weight excluding hydrogens is 775 g/mol. The molecule has 3 heteroatoms. The fraction of sp³-hybridized carbons (Fsp3) is 0.0492. The minimum absolute atomic E-state index is 0.0498. The van der Waals surface area contributed by atoms with Crippen LogP contribution in [-0.2, 0) is 5.41 Å². The Hall–Kier alpha value is -8.14. The lowest BCUT2D eigenvalue weighted by molar-refractivity contribution is 0.660. The van der Waals surface area contributed by atoms with Gasteiger partial charge in [0, 0.05) is 44.1 Å². The molecule has 302 valence electrons. The quantitative estimate of drug-likeness (QED) is 0.160. The molecule has 1 aliphatic carbocycles. The second-order valence-corrected chi connectivity index (χ2v) is 17.4. The Labute approximate surface area is 373 Å². The second-order valence-electron chi connectivity index (χ2n) is 17.4. The SMILES string of the molecule is CC1(C)c2ccccc2-c2ccc(-c3cccc(-c4cccc(-c5cccc6c7ccccc7n(-c7cccc(-c8nc(-c9ccccc9)cc(-c9ccccc9)n8)c7)c56)c4)c3)cc21. The molecule has 1 aliphatic rings. The van der Waals surface area contributed by atoms with Crippen LogP contribution in [0.25, 0.3) is 106 Å². The first-order valence-electron chi connectivity index (χ1n) is 22.1. The van der Waals surface area contributed by atoms with Crippen LogP contribution >= 0.6 is 0 Å². The van der Waals surface area contributed by atoms with Gasteiger partial charge in [-0.2, -0.15) is 0 Å². The van der Waals surface area contributed by atoms with Gasteiger partial charge in [0.2, 0.25) is 0 Å². The van der Waals surface area contributed by atoms with Crippen molar-refractivity contribution < 1.29 is 0 Å². The molecule has 2 heterocycles. The summed E-state index contributed by atoms with van der Waals surface area (Å²) in [7, 11) is 0. The lowest BCUT2D eigenvalue weighted by Crippen LogP contribution is -2.14. The van der Waals surface area contributed by atoms with Gasteiger partial charge in [-0.15, -0.1) is 0 Å². The van der Waals surface area contributed by atoms with Gasteiger partial charge in [-0.05, 0) is 92.5 Å². The van der Waals surface area contributed by atoms with E-state index in [-0.39, 0.29) is 5.41 Å². The van der Waals surface area contributed by atoms with Crippen molar-refractivity contribution in [1.82, 2.24) is 14.5 Å². The number of hydrogen-bond donors (Lipinski definition) is 0. The summed E-state index contributed by atoms with van der Waals surface area (Å²) in [4.78, 5) is 10.4. The highest BCUT2D eigenvalue weighted by atomic mass is 15.0. The molecule has 0 bridgehead atoms. The smallest absolute Gasteiger partial charge is 0.160 e. The first-order valence-corrected chi connectivity index (χ1v) is 22.1. The molecule has 9 aromatic carbocycles. The molecule has 0 saturated carbocycles. The van der Waals surface area contributed by atoms with Crippen molar-refractivity contribution in [1.29, 1.82) is 0 Å². The van der Waals surface area contributed by atoms with E-state index in [1.54, 1.807) is 0 Å². The fourth-order valence-electron chi connectivity index (χ4n) is 10.0. The average molecular weight is 818 g/mol. The summed E-state index contributed by atoms with van der Waals surface area (Å²) in [6.45, 7) is 4.70. The van der Waals surface area contributed by atoms with E-state index >= 15 is 0 Å². The van der Waals surface area contributed by atoms with Crippen LogP contribution in [0, 0.1) is 0 Å². The molecule has 64 heavy (non-hydrogen) atoms. The normalized spacial score (nSPS) is 12.7. The molecule has 12 rings (SSSR count). The highest BCUT2D eigenvalue weighted by Crippen LogP contribution is 2.50. The Balaban J connectivity index is 0.965. The Morgan fingerprint density at radius 3 is 1.59 bits per heavy atom. The summed E-state index contributed by atoms with van der Waals surface area (Å²) in [5.41, 5.74) is 20.8. The van der Waals surface area contributed by atoms with Crippen LogP contribution in [-0.4, -0.2) is 14.5 Å². The number of benzene rings is 9. The predicted octanol–water partition coefficient (Wildman–Crippen LogP) is 15.9. The molecule has 0 amide bonds. The molecule has 3 nitrogen and oxygen atoms in total. The summed E-state index contributed by atoms with van der Waals surface area (Å²) >= 11 is 0. The summed E-state index contributed by atoms with van der Waals surface area (Å²) < 4.78 is 2.42. The van der Waals surface area contributed by atoms with Crippen molar-refractivity contribution in [2.24, 2.45) is 0 Å². The molecule has 11 aromatic rings. The molecule has 0 saturated heterocycles. The zero-order valence-corrected chi connectivity index (χ0v) is 35.7. The van der Waals surface area contributed by atoms with E-state index in [1.807, 2.05) is 12.1 Å². The molecule has 0 fully saturated rings. The Morgan fingerprint density at radius 1 is 0.344 bits per heavy atom. The van der Waals surface area contributed by atoms with E-state index in [1.165, 1.54) is 60.8 Å². The van der Waals surface area contributed by atoms with Crippen LogP contribution in [0.2, 0.25) is 0 Å². The van der Waals surface area contributed by atoms with Crippen LogP contribution in [0.5, 0.6) is 0 Å². The van der Waals surface area contributed by atoms with Crippen LogP contribution < -0.4 is 0 Å². The van der Waals surface area contributed by atoms with Gasteiger partial charge < -0.3 is 4.57 Å². The van der Waals surface area contributed by atoms with Crippen molar-refractivity contribution in [2.45, 2.75) is 19.3 Å². The summed E-state index contributed by atoms with van der Waals surface area (Å²) in [5, 5.41) is 2.42. The van der Waals surface area contributed by atoms with Crippen LogP contribution in [0.4, 0.5) is 0 Å². The van der Waals surface area contributed by atoms with Crippen molar-refractivity contribution >= 4 is 21.8 Å². The summed E-state index contributed by atoms with van der Waals surface area (Å²) in [5.74, 6) is 0.687. The topological polar surface area (TPSA) is 30.7 Å². The van der Waals surface area contributed by atoms with Crippen molar-refractivity contribution in [2.75, 3.05) is 0 Å². The average Bonchev–Trinajstić information content (AvgIpc) is 3.82. The molecule has 0 spiro atoms. The van der Waals surface area contributed by atoms with Gasteiger partial charge in [0.25, 0.3) is 0 Å². The monoisotopic (exact) mass is 817 g/mol. The molecule has 0 aliphatic heterocycles. The van der Waals surface area contributed by atoms with Crippen molar-refractivity contribution in [3.8, 4) is 84.1 Å². The molecule has 0 radical (unpaired) electrons. The zero-order chi connectivity index (χ0) is 42.8. The van der Waals surface area contributed by atoms with Gasteiger partial charge in [-0.3, -0.25) is 0 Å². The van der Waals surface area contributed by atoms with Crippen LogP contribution in [0.15, 0.2) is 224 Å². The second kappa shape index (κ2) is 15.0. The molecule has 0 unspecified atom stereocenters. The first-order chi connectivity index (χ1) is 31.5. The molecule has 0 atom stereocenters.